The van der Waals surface area contributed by atoms with Crippen molar-refractivity contribution in [3.05, 3.63) is 77.5 Å². The van der Waals surface area contributed by atoms with Crippen LogP contribution in [0.4, 0.5) is 33.5 Å². The zero-order valence-electron chi connectivity index (χ0n) is 19.4. The lowest BCUT2D eigenvalue weighted by Gasteiger charge is -2.16. The molecule has 1 unspecified atom stereocenters. The number of alkyl halides is 3. The Bertz CT molecular complexity index is 1590. The molecule has 38 heavy (non-hydrogen) atoms. The first kappa shape index (κ1) is 26.1. The van der Waals surface area contributed by atoms with Gasteiger partial charge in [0.15, 0.2) is 5.82 Å². The van der Waals surface area contributed by atoms with E-state index in [2.05, 4.69) is 30.5 Å². The van der Waals surface area contributed by atoms with Gasteiger partial charge in [0.1, 0.15) is 29.5 Å². The predicted molar refractivity (Wildman–Crippen MR) is 124 cm³/mol. The Morgan fingerprint density at radius 2 is 1.97 bits per heavy atom. The third-order valence-corrected chi connectivity index (χ3v) is 5.63. The molecule has 10 nitrogen and oxygen atoms in total. The van der Waals surface area contributed by atoms with Crippen LogP contribution in [0.25, 0.3) is 16.6 Å². The van der Waals surface area contributed by atoms with Crippen LogP contribution in [0.5, 0.6) is 0 Å². The first-order valence-corrected chi connectivity index (χ1v) is 10.8. The Balaban J connectivity index is 1.90. The number of anilines is 2. The number of aromatic nitrogens is 5. The maximum atomic E-state index is 14.1. The zero-order valence-corrected chi connectivity index (χ0v) is 19.4. The minimum absolute atomic E-state index is 0.0325. The van der Waals surface area contributed by atoms with E-state index in [-0.39, 0.29) is 51.5 Å². The van der Waals surface area contributed by atoms with Crippen LogP contribution < -0.4 is 11.1 Å². The summed E-state index contributed by atoms with van der Waals surface area (Å²) in [5, 5.41) is 20.5. The molecule has 0 saturated carbocycles. The van der Waals surface area contributed by atoms with Crippen molar-refractivity contribution in [3.8, 4) is 17.2 Å². The Labute approximate surface area is 211 Å². The number of nitrogens with two attached hydrogens (primary N) is 1. The van der Waals surface area contributed by atoms with Crippen molar-refractivity contribution in [1.29, 1.82) is 10.8 Å². The number of nitrogens with one attached hydrogen (secondary N) is 2. The SMILES string of the molecule is CCC(/C(=C/Nc1ccc(F)cc1F)N=N)c1c(C#N)c(-c2cnc(C(F)(F)F)nc2)c2c(N)ncnn12. The van der Waals surface area contributed by atoms with Crippen LogP contribution in [0, 0.1) is 28.5 Å². The maximum absolute atomic E-state index is 14.1. The molecule has 3 aromatic heterocycles. The molecule has 0 fully saturated rings. The van der Waals surface area contributed by atoms with Crippen molar-refractivity contribution < 1.29 is 22.0 Å². The summed E-state index contributed by atoms with van der Waals surface area (Å²) in [4.78, 5) is 10.7. The molecule has 4 N–H and O–H groups in total. The fraction of sp³-hybridized carbons (Fsp3) is 0.174. The number of halogens is 5. The number of nitrogen functional groups attached to an aromatic ring is 1. The van der Waals surface area contributed by atoms with Crippen molar-refractivity contribution in [2.45, 2.75) is 25.4 Å². The van der Waals surface area contributed by atoms with Gasteiger partial charge in [-0.3, -0.25) is 0 Å². The smallest absolute Gasteiger partial charge is 0.382 e. The highest BCUT2D eigenvalue weighted by Crippen LogP contribution is 2.41. The average Bonchev–Trinajstić information content (AvgIpc) is 3.22. The number of nitrogens with zero attached hydrogens (tertiary/aromatic N) is 7. The van der Waals surface area contributed by atoms with Crippen LogP contribution in [0.15, 0.2) is 53.9 Å². The molecule has 0 amide bonds. The summed E-state index contributed by atoms with van der Waals surface area (Å²) < 4.78 is 67.7. The van der Waals surface area contributed by atoms with Gasteiger partial charge in [0.05, 0.1) is 22.6 Å². The van der Waals surface area contributed by atoms with E-state index in [1.807, 2.05) is 6.07 Å². The number of fused-ring (bicyclic) bond motifs is 1. The lowest BCUT2D eigenvalue weighted by Crippen LogP contribution is -2.10. The maximum Gasteiger partial charge on any atom is 0.451 e. The molecule has 194 valence electrons. The number of benzene rings is 1. The van der Waals surface area contributed by atoms with Gasteiger partial charge in [-0.25, -0.2) is 33.8 Å². The molecule has 0 radical (unpaired) electrons. The fourth-order valence-electron chi connectivity index (χ4n) is 3.97. The van der Waals surface area contributed by atoms with Gasteiger partial charge in [-0.1, -0.05) is 6.92 Å². The average molecular weight is 528 g/mol. The summed E-state index contributed by atoms with van der Waals surface area (Å²) in [7, 11) is 0. The Kier molecular flexibility index (Phi) is 6.98. The van der Waals surface area contributed by atoms with Crippen molar-refractivity contribution in [2.24, 2.45) is 5.11 Å². The highest BCUT2D eigenvalue weighted by Gasteiger charge is 2.35. The third-order valence-electron chi connectivity index (χ3n) is 5.63. The summed E-state index contributed by atoms with van der Waals surface area (Å²) in [5.41, 5.74) is 14.2. The summed E-state index contributed by atoms with van der Waals surface area (Å²) in [5.74, 6) is -3.90. The molecule has 0 aliphatic rings. The molecular weight excluding hydrogens is 511 g/mol. The third kappa shape index (κ3) is 4.71. The first-order valence-electron chi connectivity index (χ1n) is 10.8. The summed E-state index contributed by atoms with van der Waals surface area (Å²) in [6.45, 7) is 1.73. The number of rotatable bonds is 7. The van der Waals surface area contributed by atoms with E-state index in [9.17, 15) is 27.2 Å². The second-order valence-electron chi connectivity index (χ2n) is 7.86. The molecule has 1 aromatic carbocycles. The van der Waals surface area contributed by atoms with Gasteiger partial charge in [-0.2, -0.15) is 28.6 Å². The molecule has 0 bridgehead atoms. The van der Waals surface area contributed by atoms with Crippen LogP contribution >= 0.6 is 0 Å². The first-order chi connectivity index (χ1) is 18.1. The lowest BCUT2D eigenvalue weighted by atomic mass is 9.93. The van der Waals surface area contributed by atoms with Crippen molar-refractivity contribution in [1.82, 2.24) is 24.6 Å². The molecule has 0 aliphatic heterocycles. The van der Waals surface area contributed by atoms with E-state index >= 15 is 0 Å². The molecule has 4 aromatic rings. The quantitative estimate of drug-likeness (QED) is 0.214. The van der Waals surface area contributed by atoms with E-state index in [0.29, 0.717) is 6.07 Å². The van der Waals surface area contributed by atoms with Gasteiger partial charge in [0, 0.05) is 41.7 Å². The number of nitriles is 1. The van der Waals surface area contributed by atoms with Gasteiger partial charge in [0.25, 0.3) is 0 Å². The van der Waals surface area contributed by atoms with Crippen LogP contribution in [-0.4, -0.2) is 24.6 Å². The second-order valence-corrected chi connectivity index (χ2v) is 7.86. The van der Waals surface area contributed by atoms with E-state index in [1.54, 1.807) is 6.92 Å². The zero-order chi connectivity index (χ0) is 27.6. The molecule has 0 aliphatic carbocycles. The minimum atomic E-state index is -4.77. The standard InChI is InChI=1S/C23H17F5N10/c1-2-13(17(37-31)9-32-16-4-3-12(24)5-15(16)25)19-14(6-29)18(20-21(30)35-10-36-38(19)20)11-7-33-22(34-8-11)23(26,27)28/h3-5,7-10,13,31-32H,2H2,1H3,(H2,30,35,36)/b17-9-,37-31?. The molecule has 0 spiro atoms. The molecular formula is C23H17F5N10. The van der Waals surface area contributed by atoms with E-state index < -0.39 is 29.6 Å². The van der Waals surface area contributed by atoms with Crippen LogP contribution in [0.2, 0.25) is 0 Å². The van der Waals surface area contributed by atoms with Gasteiger partial charge < -0.3 is 11.1 Å². The Morgan fingerprint density at radius 3 is 2.55 bits per heavy atom. The highest BCUT2D eigenvalue weighted by molar-refractivity contribution is 5.92. The largest absolute Gasteiger partial charge is 0.451 e. The van der Waals surface area contributed by atoms with Crippen LogP contribution in [0.3, 0.4) is 0 Å². The highest BCUT2D eigenvalue weighted by atomic mass is 19.4. The van der Waals surface area contributed by atoms with Crippen molar-refractivity contribution in [2.75, 3.05) is 11.1 Å². The molecule has 1 atom stereocenters. The fourth-order valence-corrected chi connectivity index (χ4v) is 3.97. The van der Waals surface area contributed by atoms with Crippen LogP contribution in [-0.2, 0) is 6.18 Å². The number of allylic oxidation sites excluding steroid dienone is 1. The minimum Gasteiger partial charge on any atom is -0.382 e. The van der Waals surface area contributed by atoms with Crippen molar-refractivity contribution in [3.63, 3.8) is 0 Å². The van der Waals surface area contributed by atoms with E-state index in [4.69, 9.17) is 11.3 Å². The van der Waals surface area contributed by atoms with Crippen molar-refractivity contribution >= 4 is 17.0 Å². The molecule has 0 saturated heterocycles. The number of hydrogen-bond acceptors (Lipinski definition) is 9. The van der Waals surface area contributed by atoms with Gasteiger partial charge >= 0.3 is 6.18 Å². The van der Waals surface area contributed by atoms with Gasteiger partial charge in [0.2, 0.25) is 5.82 Å². The predicted octanol–water partition coefficient (Wildman–Crippen LogP) is 5.42. The van der Waals surface area contributed by atoms with E-state index in [1.165, 1.54) is 10.7 Å². The summed E-state index contributed by atoms with van der Waals surface area (Å²) in [6.07, 6.45) is -0.341. The summed E-state index contributed by atoms with van der Waals surface area (Å²) >= 11 is 0. The van der Waals surface area contributed by atoms with Gasteiger partial charge in [-0.05, 0) is 18.6 Å². The topological polar surface area (TPSA) is 154 Å². The van der Waals surface area contributed by atoms with Crippen LogP contribution in [0.1, 0.15) is 36.3 Å². The van der Waals surface area contributed by atoms with Gasteiger partial charge in [-0.15, -0.1) is 0 Å². The molecule has 3 heterocycles. The normalized spacial score (nSPS) is 12.8. The molecule has 15 heteroatoms. The van der Waals surface area contributed by atoms with E-state index in [0.717, 1.165) is 30.9 Å². The second kappa shape index (κ2) is 10.2. The Hall–Kier alpha value is -5.00. The number of hydrogen-bond donors (Lipinski definition) is 3. The molecule has 4 rings (SSSR count). The Morgan fingerprint density at radius 1 is 1.26 bits per heavy atom. The monoisotopic (exact) mass is 528 g/mol. The summed E-state index contributed by atoms with van der Waals surface area (Å²) in [6, 6.07) is 4.91. The lowest BCUT2D eigenvalue weighted by molar-refractivity contribution is -0.144.